The number of nitrogens with zero attached hydrogens (tertiary/aromatic N) is 2. The van der Waals surface area contributed by atoms with Crippen molar-refractivity contribution >= 4 is 29.7 Å². The van der Waals surface area contributed by atoms with Gasteiger partial charge in [0.15, 0.2) is 0 Å². The predicted molar refractivity (Wildman–Crippen MR) is 126 cm³/mol. The molecule has 0 spiro atoms. The summed E-state index contributed by atoms with van der Waals surface area (Å²) in [5.74, 6) is -0.933. The van der Waals surface area contributed by atoms with E-state index >= 15 is 0 Å². The van der Waals surface area contributed by atoms with E-state index < -0.39 is 17.9 Å². The first kappa shape index (κ1) is 24.1. The average molecular weight is 460 g/mol. The van der Waals surface area contributed by atoms with Crippen LogP contribution in [0.15, 0.2) is 72.8 Å². The lowest BCUT2D eigenvalue weighted by molar-refractivity contribution is -0.120. The van der Waals surface area contributed by atoms with Crippen LogP contribution >= 0.6 is 0 Å². The van der Waals surface area contributed by atoms with Crippen LogP contribution < -0.4 is 20.3 Å². The van der Waals surface area contributed by atoms with Gasteiger partial charge in [-0.1, -0.05) is 36.4 Å². The summed E-state index contributed by atoms with van der Waals surface area (Å²) < 4.78 is 5.16. The van der Waals surface area contributed by atoms with E-state index in [1.54, 1.807) is 62.7 Å². The molecule has 3 rings (SSSR count). The number of carbonyl (C=O) groups excluding carboxylic acids is 4. The second kappa shape index (κ2) is 11.4. The van der Waals surface area contributed by atoms with E-state index in [4.69, 9.17) is 4.74 Å². The number of aromatic nitrogens is 1. The van der Waals surface area contributed by atoms with Crippen LogP contribution in [-0.4, -0.2) is 49.7 Å². The number of anilines is 1. The number of rotatable bonds is 9. The molecule has 0 aliphatic heterocycles. The molecule has 2 aromatic carbocycles. The van der Waals surface area contributed by atoms with Crippen LogP contribution in [0.1, 0.15) is 32.6 Å². The van der Waals surface area contributed by atoms with Gasteiger partial charge < -0.3 is 25.1 Å². The van der Waals surface area contributed by atoms with Crippen molar-refractivity contribution < 1.29 is 23.9 Å². The summed E-state index contributed by atoms with van der Waals surface area (Å²) in [5, 5.41) is 5.10. The molecular formula is C25H24N4O5. The molecular weight excluding hydrogens is 436 g/mol. The monoisotopic (exact) mass is 460 g/mol. The molecule has 34 heavy (non-hydrogen) atoms. The molecule has 0 radical (unpaired) electrons. The van der Waals surface area contributed by atoms with E-state index in [-0.39, 0.29) is 23.8 Å². The average Bonchev–Trinajstić information content (AvgIpc) is 2.90. The molecule has 1 heterocycles. The third-order valence-corrected chi connectivity index (χ3v) is 5.01. The number of ether oxygens (including phenoxy) is 1. The molecule has 0 aliphatic carbocycles. The molecule has 3 amide bonds. The Morgan fingerprint density at radius 3 is 2.21 bits per heavy atom. The Morgan fingerprint density at radius 1 is 0.941 bits per heavy atom. The van der Waals surface area contributed by atoms with Gasteiger partial charge in [-0.25, -0.2) is 4.98 Å². The lowest BCUT2D eigenvalue weighted by atomic mass is 10.0. The Hall–Kier alpha value is -4.53. The first-order chi connectivity index (χ1) is 16.4. The lowest BCUT2D eigenvalue weighted by Crippen LogP contribution is -2.41. The summed E-state index contributed by atoms with van der Waals surface area (Å²) in [6, 6.07) is 19.1. The highest BCUT2D eigenvalue weighted by Gasteiger charge is 2.27. The maximum absolute atomic E-state index is 13.4. The van der Waals surface area contributed by atoms with Crippen LogP contribution in [0.3, 0.4) is 0 Å². The molecule has 0 bridgehead atoms. The largest absolute Gasteiger partial charge is 0.497 e. The van der Waals surface area contributed by atoms with E-state index in [1.807, 2.05) is 6.07 Å². The van der Waals surface area contributed by atoms with E-state index in [1.165, 1.54) is 23.1 Å². The SMILES string of the molecule is COc1ccc(N(C)C(=O)C(NC(=O)c2cccc(C(=O)NCC=O)n2)c2ccccc2)cc1. The topological polar surface area (TPSA) is 118 Å². The number of methoxy groups -OCH3 is 1. The van der Waals surface area contributed by atoms with Crippen molar-refractivity contribution in [2.24, 2.45) is 0 Å². The molecule has 0 aliphatic rings. The predicted octanol–water partition coefficient (Wildman–Crippen LogP) is 2.15. The van der Waals surface area contributed by atoms with Gasteiger partial charge in [0.25, 0.3) is 17.7 Å². The smallest absolute Gasteiger partial charge is 0.270 e. The van der Waals surface area contributed by atoms with Crippen LogP contribution in [0.4, 0.5) is 5.69 Å². The molecule has 2 N–H and O–H groups in total. The zero-order valence-corrected chi connectivity index (χ0v) is 18.7. The Labute approximate surface area is 196 Å². The molecule has 0 saturated heterocycles. The van der Waals surface area contributed by atoms with Crippen molar-refractivity contribution in [2.75, 3.05) is 25.6 Å². The highest BCUT2D eigenvalue weighted by atomic mass is 16.5. The second-order valence-electron chi connectivity index (χ2n) is 7.20. The van der Waals surface area contributed by atoms with Gasteiger partial charge in [-0.2, -0.15) is 0 Å². The van der Waals surface area contributed by atoms with Crippen LogP contribution in [0.25, 0.3) is 0 Å². The first-order valence-corrected chi connectivity index (χ1v) is 10.4. The minimum absolute atomic E-state index is 0.0209. The quantitative estimate of drug-likeness (QED) is 0.473. The molecule has 1 atom stereocenters. The van der Waals surface area contributed by atoms with Gasteiger partial charge in [0.05, 0.1) is 13.7 Å². The number of nitrogens with one attached hydrogen (secondary N) is 2. The van der Waals surface area contributed by atoms with Crippen molar-refractivity contribution in [1.82, 2.24) is 15.6 Å². The summed E-state index contributed by atoms with van der Waals surface area (Å²) in [4.78, 5) is 54.5. The van der Waals surface area contributed by atoms with Gasteiger partial charge in [-0.3, -0.25) is 14.4 Å². The molecule has 9 nitrogen and oxygen atoms in total. The van der Waals surface area contributed by atoms with Crippen molar-refractivity contribution in [3.63, 3.8) is 0 Å². The Bertz CT molecular complexity index is 1170. The summed E-state index contributed by atoms with van der Waals surface area (Å²) >= 11 is 0. The van der Waals surface area contributed by atoms with Gasteiger partial charge >= 0.3 is 0 Å². The molecule has 9 heteroatoms. The normalized spacial score (nSPS) is 11.1. The summed E-state index contributed by atoms with van der Waals surface area (Å²) in [6.45, 7) is -0.167. The van der Waals surface area contributed by atoms with Gasteiger partial charge in [0.2, 0.25) is 0 Å². The Balaban J connectivity index is 1.85. The number of likely N-dealkylation sites (N-methyl/N-ethyl adjacent to an activating group) is 1. The van der Waals surface area contributed by atoms with E-state index in [0.29, 0.717) is 23.3 Å². The zero-order chi connectivity index (χ0) is 24.5. The third-order valence-electron chi connectivity index (χ3n) is 5.01. The third kappa shape index (κ3) is 5.83. The van der Waals surface area contributed by atoms with Crippen LogP contribution in [0.2, 0.25) is 0 Å². The van der Waals surface area contributed by atoms with Crippen molar-refractivity contribution in [2.45, 2.75) is 6.04 Å². The van der Waals surface area contributed by atoms with Gasteiger partial charge in [-0.05, 0) is 42.0 Å². The van der Waals surface area contributed by atoms with Gasteiger partial charge in [-0.15, -0.1) is 0 Å². The van der Waals surface area contributed by atoms with E-state index in [2.05, 4.69) is 15.6 Å². The van der Waals surface area contributed by atoms with Crippen molar-refractivity contribution in [3.05, 3.63) is 89.7 Å². The summed E-state index contributed by atoms with van der Waals surface area (Å²) in [7, 11) is 3.17. The van der Waals surface area contributed by atoms with Crippen LogP contribution in [0, 0.1) is 0 Å². The molecule has 3 aromatic rings. The summed E-state index contributed by atoms with van der Waals surface area (Å²) in [5.41, 5.74) is 1.14. The molecule has 0 fully saturated rings. The maximum atomic E-state index is 13.4. The number of hydrogen-bond acceptors (Lipinski definition) is 6. The number of carbonyl (C=O) groups is 4. The first-order valence-electron chi connectivity index (χ1n) is 10.4. The lowest BCUT2D eigenvalue weighted by Gasteiger charge is -2.25. The van der Waals surface area contributed by atoms with Gasteiger partial charge in [0, 0.05) is 12.7 Å². The standard InChI is InChI=1S/C25H24N4O5/c1-29(18-11-13-19(34-2)14-12-18)25(33)22(17-7-4-3-5-8-17)28-24(32)21-10-6-9-20(27-21)23(31)26-15-16-30/h3-14,16,22H,15H2,1-2H3,(H,26,31)(H,28,32). The fraction of sp³-hybridized carbons (Fsp3) is 0.160. The number of benzene rings is 2. The number of pyridine rings is 1. The molecule has 1 aromatic heterocycles. The molecule has 174 valence electrons. The van der Waals surface area contributed by atoms with Crippen molar-refractivity contribution in [3.8, 4) is 5.75 Å². The molecule has 0 saturated carbocycles. The number of aldehydes is 1. The minimum Gasteiger partial charge on any atom is -0.497 e. The van der Waals surface area contributed by atoms with Crippen LogP contribution in [0.5, 0.6) is 5.75 Å². The molecule has 1 unspecified atom stereocenters. The van der Waals surface area contributed by atoms with E-state index in [0.717, 1.165) is 0 Å². The van der Waals surface area contributed by atoms with Gasteiger partial charge in [0.1, 0.15) is 29.5 Å². The zero-order valence-electron chi connectivity index (χ0n) is 18.7. The van der Waals surface area contributed by atoms with Crippen molar-refractivity contribution in [1.29, 1.82) is 0 Å². The van der Waals surface area contributed by atoms with E-state index in [9.17, 15) is 19.2 Å². The Kier molecular flexibility index (Phi) is 8.07. The number of amides is 3. The highest BCUT2D eigenvalue weighted by molar-refractivity contribution is 6.02. The fourth-order valence-electron chi connectivity index (χ4n) is 3.18. The van der Waals surface area contributed by atoms with Crippen LogP contribution in [-0.2, 0) is 9.59 Å². The fourth-order valence-corrected chi connectivity index (χ4v) is 3.18. The second-order valence-corrected chi connectivity index (χ2v) is 7.20. The minimum atomic E-state index is -1.00. The Morgan fingerprint density at radius 2 is 1.59 bits per heavy atom. The maximum Gasteiger partial charge on any atom is 0.270 e. The number of hydrogen-bond donors (Lipinski definition) is 2. The summed E-state index contributed by atoms with van der Waals surface area (Å²) in [6.07, 6.45) is 0.545. The highest BCUT2D eigenvalue weighted by Crippen LogP contribution is 2.23.